The summed E-state index contributed by atoms with van der Waals surface area (Å²) in [7, 11) is 0. The topological polar surface area (TPSA) is 66.5 Å². The first-order chi connectivity index (χ1) is 8.84. The van der Waals surface area contributed by atoms with Crippen LogP contribution in [0.25, 0.3) is 11.0 Å². The van der Waals surface area contributed by atoms with Gasteiger partial charge in [-0.15, -0.1) is 0 Å². The molecule has 0 radical (unpaired) electrons. The van der Waals surface area contributed by atoms with Crippen LogP contribution in [0.15, 0.2) is 43.1 Å². The quantitative estimate of drug-likeness (QED) is 0.737. The first kappa shape index (κ1) is 10.7. The van der Waals surface area contributed by atoms with Crippen molar-refractivity contribution in [2.45, 2.75) is 13.0 Å². The zero-order chi connectivity index (χ0) is 12.4. The highest BCUT2D eigenvalue weighted by Gasteiger charge is 2.09. The highest BCUT2D eigenvalue weighted by molar-refractivity contribution is 5.86. The van der Waals surface area contributed by atoms with Gasteiger partial charge in [-0.3, -0.25) is 4.98 Å². The molecule has 0 aliphatic carbocycles. The average Bonchev–Trinajstić information content (AvgIpc) is 2.89. The Labute approximate surface area is 104 Å². The number of fused-ring (bicyclic) bond motifs is 1. The third-order valence-electron chi connectivity index (χ3n) is 2.89. The molecule has 0 fully saturated rings. The van der Waals surface area contributed by atoms with Crippen molar-refractivity contribution in [3.8, 4) is 0 Å². The van der Waals surface area contributed by atoms with Crippen molar-refractivity contribution in [2.24, 2.45) is 0 Å². The Morgan fingerprint density at radius 3 is 3.06 bits per heavy atom. The van der Waals surface area contributed by atoms with Gasteiger partial charge in [0, 0.05) is 18.6 Å². The van der Waals surface area contributed by atoms with Crippen LogP contribution in [0.2, 0.25) is 0 Å². The summed E-state index contributed by atoms with van der Waals surface area (Å²) in [5.41, 5.74) is 1.96. The van der Waals surface area contributed by atoms with Crippen LogP contribution in [0, 0.1) is 0 Å². The molecule has 1 unspecified atom stereocenters. The fraction of sp³-hybridized carbons (Fsp3) is 0.154. The molecular weight excluding hydrogens is 226 g/mol. The van der Waals surface area contributed by atoms with E-state index in [1.807, 2.05) is 30.6 Å². The molecule has 0 aliphatic rings. The molecule has 18 heavy (non-hydrogen) atoms. The summed E-state index contributed by atoms with van der Waals surface area (Å²) in [6.07, 6.45) is 7.04. The Balaban J connectivity index is 1.91. The Kier molecular flexibility index (Phi) is 2.64. The van der Waals surface area contributed by atoms with Gasteiger partial charge in [-0.1, -0.05) is 6.07 Å². The summed E-state index contributed by atoms with van der Waals surface area (Å²) in [5, 5.41) is 4.37. The Hall–Kier alpha value is -2.43. The average molecular weight is 239 g/mol. The molecule has 0 saturated heterocycles. The molecule has 0 spiro atoms. The lowest BCUT2D eigenvalue weighted by molar-refractivity contribution is 0.867. The summed E-state index contributed by atoms with van der Waals surface area (Å²) in [6, 6.07) is 6.08. The number of anilines is 1. The number of nitrogens with one attached hydrogen (secondary N) is 2. The second-order valence-electron chi connectivity index (χ2n) is 4.11. The van der Waals surface area contributed by atoms with Crippen molar-refractivity contribution >= 4 is 16.9 Å². The lowest BCUT2D eigenvalue weighted by atomic mass is 10.1. The van der Waals surface area contributed by atoms with Crippen LogP contribution in [0.1, 0.15) is 18.5 Å². The lowest BCUT2D eigenvalue weighted by Gasteiger charge is -2.14. The fourth-order valence-electron chi connectivity index (χ4n) is 1.91. The monoisotopic (exact) mass is 239 g/mol. The van der Waals surface area contributed by atoms with Crippen LogP contribution in [0.5, 0.6) is 0 Å². The number of nitrogens with zero attached hydrogens (tertiary/aromatic N) is 3. The smallest absolute Gasteiger partial charge is 0.142 e. The highest BCUT2D eigenvalue weighted by Crippen LogP contribution is 2.22. The van der Waals surface area contributed by atoms with Gasteiger partial charge in [0.15, 0.2) is 0 Å². The number of pyridine rings is 1. The molecular formula is C13H13N5. The predicted molar refractivity (Wildman–Crippen MR) is 70.2 cm³/mol. The number of hydrogen-bond donors (Lipinski definition) is 2. The van der Waals surface area contributed by atoms with Gasteiger partial charge >= 0.3 is 0 Å². The molecule has 3 aromatic heterocycles. The van der Waals surface area contributed by atoms with E-state index in [4.69, 9.17) is 0 Å². The first-order valence-corrected chi connectivity index (χ1v) is 5.79. The maximum Gasteiger partial charge on any atom is 0.142 e. The second-order valence-corrected chi connectivity index (χ2v) is 4.11. The van der Waals surface area contributed by atoms with Gasteiger partial charge in [0.25, 0.3) is 0 Å². The number of aromatic nitrogens is 4. The van der Waals surface area contributed by atoms with E-state index in [-0.39, 0.29) is 6.04 Å². The molecule has 90 valence electrons. The van der Waals surface area contributed by atoms with Crippen molar-refractivity contribution in [1.82, 2.24) is 19.9 Å². The van der Waals surface area contributed by atoms with Gasteiger partial charge < -0.3 is 10.3 Å². The van der Waals surface area contributed by atoms with E-state index in [2.05, 4.69) is 32.2 Å². The standard InChI is InChI=1S/C13H13N5/c1-9(10-3-2-5-14-7-10)18-13-11-4-6-15-12(11)16-8-17-13/h2-9H,1H3,(H2,15,16,17,18). The highest BCUT2D eigenvalue weighted by atomic mass is 15.0. The van der Waals surface area contributed by atoms with E-state index in [0.717, 1.165) is 22.4 Å². The molecule has 3 aromatic rings. The van der Waals surface area contributed by atoms with Crippen LogP contribution in [-0.2, 0) is 0 Å². The summed E-state index contributed by atoms with van der Waals surface area (Å²) >= 11 is 0. The minimum Gasteiger partial charge on any atom is -0.363 e. The summed E-state index contributed by atoms with van der Waals surface area (Å²) in [6.45, 7) is 2.08. The molecule has 0 bridgehead atoms. The van der Waals surface area contributed by atoms with Crippen molar-refractivity contribution in [2.75, 3.05) is 5.32 Å². The molecule has 3 rings (SSSR count). The van der Waals surface area contributed by atoms with E-state index in [0.29, 0.717) is 0 Å². The number of rotatable bonds is 3. The summed E-state index contributed by atoms with van der Waals surface area (Å²) in [5.74, 6) is 0.831. The normalized spacial score (nSPS) is 12.5. The van der Waals surface area contributed by atoms with Crippen molar-refractivity contribution in [1.29, 1.82) is 0 Å². The zero-order valence-electron chi connectivity index (χ0n) is 9.96. The zero-order valence-corrected chi connectivity index (χ0v) is 9.96. The summed E-state index contributed by atoms with van der Waals surface area (Å²) < 4.78 is 0. The molecule has 1 atom stereocenters. The van der Waals surface area contributed by atoms with E-state index >= 15 is 0 Å². The molecule has 0 amide bonds. The van der Waals surface area contributed by atoms with Crippen LogP contribution in [0.3, 0.4) is 0 Å². The third-order valence-corrected chi connectivity index (χ3v) is 2.89. The van der Waals surface area contributed by atoms with Crippen LogP contribution in [0.4, 0.5) is 5.82 Å². The third kappa shape index (κ3) is 1.90. The van der Waals surface area contributed by atoms with Gasteiger partial charge in [0.05, 0.1) is 11.4 Å². The minimum absolute atomic E-state index is 0.145. The number of aromatic amines is 1. The SMILES string of the molecule is CC(Nc1ncnc2[nH]ccc12)c1cccnc1. The maximum absolute atomic E-state index is 4.28. The van der Waals surface area contributed by atoms with E-state index < -0.39 is 0 Å². The molecule has 0 saturated carbocycles. The van der Waals surface area contributed by atoms with Gasteiger partial charge in [-0.25, -0.2) is 9.97 Å². The molecule has 5 nitrogen and oxygen atoms in total. The second kappa shape index (κ2) is 4.44. The van der Waals surface area contributed by atoms with Crippen molar-refractivity contribution in [3.05, 3.63) is 48.7 Å². The number of H-pyrrole nitrogens is 1. The van der Waals surface area contributed by atoms with E-state index in [1.165, 1.54) is 0 Å². The molecule has 0 aliphatic heterocycles. The lowest BCUT2D eigenvalue weighted by Crippen LogP contribution is -2.08. The number of hydrogen-bond acceptors (Lipinski definition) is 4. The Bertz CT molecular complexity index is 647. The maximum atomic E-state index is 4.28. The molecule has 2 N–H and O–H groups in total. The van der Waals surface area contributed by atoms with Gasteiger partial charge in [0.2, 0.25) is 0 Å². The Morgan fingerprint density at radius 2 is 2.22 bits per heavy atom. The van der Waals surface area contributed by atoms with Gasteiger partial charge in [-0.2, -0.15) is 0 Å². The molecule has 5 heteroatoms. The van der Waals surface area contributed by atoms with Crippen LogP contribution >= 0.6 is 0 Å². The minimum atomic E-state index is 0.145. The van der Waals surface area contributed by atoms with Crippen LogP contribution in [-0.4, -0.2) is 19.9 Å². The van der Waals surface area contributed by atoms with Crippen LogP contribution < -0.4 is 5.32 Å². The first-order valence-electron chi connectivity index (χ1n) is 5.79. The van der Waals surface area contributed by atoms with Crippen molar-refractivity contribution in [3.63, 3.8) is 0 Å². The molecule has 0 aromatic carbocycles. The van der Waals surface area contributed by atoms with Gasteiger partial charge in [-0.05, 0) is 24.6 Å². The van der Waals surface area contributed by atoms with Crippen molar-refractivity contribution < 1.29 is 0 Å². The van der Waals surface area contributed by atoms with Gasteiger partial charge in [0.1, 0.15) is 17.8 Å². The predicted octanol–water partition coefficient (Wildman–Crippen LogP) is 2.53. The summed E-state index contributed by atoms with van der Waals surface area (Å²) in [4.78, 5) is 15.6. The Morgan fingerprint density at radius 1 is 1.28 bits per heavy atom. The molecule has 3 heterocycles. The van der Waals surface area contributed by atoms with E-state index in [1.54, 1.807) is 12.5 Å². The largest absolute Gasteiger partial charge is 0.363 e. The fourth-order valence-corrected chi connectivity index (χ4v) is 1.91. The van der Waals surface area contributed by atoms with E-state index in [9.17, 15) is 0 Å².